The molecule has 0 radical (unpaired) electrons. The molecule has 2 bridgehead atoms. The summed E-state index contributed by atoms with van der Waals surface area (Å²) < 4.78 is 11.8. The largest absolute Gasteiger partial charge is 0.497 e. The molecule has 4 heterocycles. The van der Waals surface area contributed by atoms with Gasteiger partial charge in [0, 0.05) is 35.9 Å². The smallest absolute Gasteiger partial charge is 0.338 e. The average Bonchev–Trinajstić information content (AvgIpc) is 2.87. The third-order valence-electron chi connectivity index (χ3n) is 7.22. The molecule has 0 saturated carbocycles. The van der Waals surface area contributed by atoms with Gasteiger partial charge in [-0.2, -0.15) is 0 Å². The van der Waals surface area contributed by atoms with E-state index in [0.29, 0.717) is 17.4 Å². The predicted octanol–water partition coefficient (Wildman–Crippen LogP) is 3.62. The standard InChI is InChI=1S/C27H28N2O3/c1-3-18-17-29-14-12-20(18)15-25(29)26(32-27(30)19-7-5-4-6-8-19)22-11-13-28-24-10-9-21(31-2)16-23(22)24/h3-11,13,16,18,20,25-26H,1,12,14-15,17H2,2H3/p+1/t18-,20+,25-,26-/m0/s1. The van der Waals surface area contributed by atoms with Crippen LogP contribution in [0.4, 0.5) is 0 Å². The number of carbonyl (C=O) groups is 1. The SMILES string of the molecule is C=C[C@H]1C[NH+]2CC[C@@H]1C[C@H]2[C@@H](OC(=O)c1ccccc1)c1ccnc2ccc(OC)cc12. The zero-order chi connectivity index (χ0) is 22.1. The second kappa shape index (κ2) is 8.75. The molecule has 5 atom stereocenters. The molecule has 32 heavy (non-hydrogen) atoms. The molecule has 0 spiro atoms. The van der Waals surface area contributed by atoms with Crippen molar-refractivity contribution >= 4 is 16.9 Å². The highest BCUT2D eigenvalue weighted by molar-refractivity contribution is 5.90. The number of ether oxygens (including phenoxy) is 2. The van der Waals surface area contributed by atoms with Crippen LogP contribution in [0.1, 0.15) is 34.9 Å². The number of nitrogens with one attached hydrogen (secondary N) is 1. The third-order valence-corrected chi connectivity index (χ3v) is 7.22. The zero-order valence-corrected chi connectivity index (χ0v) is 18.4. The van der Waals surface area contributed by atoms with Crippen molar-refractivity contribution in [1.82, 2.24) is 4.98 Å². The van der Waals surface area contributed by atoms with Gasteiger partial charge in [-0.3, -0.25) is 4.98 Å². The lowest BCUT2D eigenvalue weighted by Crippen LogP contribution is -3.20. The highest BCUT2D eigenvalue weighted by Gasteiger charge is 2.47. The van der Waals surface area contributed by atoms with E-state index in [4.69, 9.17) is 9.47 Å². The van der Waals surface area contributed by atoms with E-state index in [1.165, 1.54) is 11.3 Å². The number of nitrogens with zero attached hydrogens (tertiary/aromatic N) is 1. The number of quaternary nitrogens is 1. The lowest BCUT2D eigenvalue weighted by Gasteiger charge is -2.48. The fourth-order valence-electron chi connectivity index (χ4n) is 5.53. The number of hydrogen-bond acceptors (Lipinski definition) is 4. The second-order valence-electron chi connectivity index (χ2n) is 8.88. The summed E-state index contributed by atoms with van der Waals surface area (Å²) in [5.74, 6) is 1.61. The van der Waals surface area contributed by atoms with Gasteiger partial charge in [0.25, 0.3) is 0 Å². The first-order valence-electron chi connectivity index (χ1n) is 11.3. The van der Waals surface area contributed by atoms with E-state index in [2.05, 4.69) is 17.6 Å². The summed E-state index contributed by atoms with van der Waals surface area (Å²) in [7, 11) is 1.66. The second-order valence-corrected chi connectivity index (χ2v) is 8.88. The first kappa shape index (κ1) is 20.7. The minimum atomic E-state index is -0.358. The summed E-state index contributed by atoms with van der Waals surface area (Å²) in [5.41, 5.74) is 2.45. The lowest BCUT2D eigenvalue weighted by atomic mass is 9.73. The molecule has 3 aliphatic rings. The molecule has 0 amide bonds. The highest BCUT2D eigenvalue weighted by Crippen LogP contribution is 2.37. The molecule has 3 aliphatic heterocycles. The number of fused-ring (bicyclic) bond motifs is 4. The van der Waals surface area contributed by atoms with Gasteiger partial charge in [0.2, 0.25) is 0 Å². The number of pyridine rings is 1. The molecule has 1 aromatic heterocycles. The van der Waals surface area contributed by atoms with E-state index in [-0.39, 0.29) is 18.1 Å². The Balaban J connectivity index is 1.57. The van der Waals surface area contributed by atoms with Gasteiger partial charge in [-0.1, -0.05) is 24.3 Å². The molecule has 1 N–H and O–H groups in total. The van der Waals surface area contributed by atoms with Gasteiger partial charge in [0.1, 0.15) is 11.8 Å². The molecule has 3 saturated heterocycles. The molecule has 6 rings (SSSR count). The van der Waals surface area contributed by atoms with Gasteiger partial charge in [-0.15, -0.1) is 6.58 Å². The number of esters is 1. The van der Waals surface area contributed by atoms with Gasteiger partial charge in [0.05, 0.1) is 31.3 Å². The van der Waals surface area contributed by atoms with Crippen LogP contribution in [-0.4, -0.2) is 37.2 Å². The fourth-order valence-corrected chi connectivity index (χ4v) is 5.53. The predicted molar refractivity (Wildman–Crippen MR) is 124 cm³/mol. The maximum atomic E-state index is 13.2. The Bertz CT molecular complexity index is 1130. The van der Waals surface area contributed by atoms with Crippen molar-refractivity contribution in [3.05, 3.63) is 84.6 Å². The van der Waals surface area contributed by atoms with Crippen LogP contribution < -0.4 is 9.64 Å². The Labute approximate surface area is 188 Å². The number of piperidine rings is 3. The van der Waals surface area contributed by atoms with E-state index in [9.17, 15) is 4.79 Å². The normalized spacial score (nSPS) is 25.3. The Morgan fingerprint density at radius 3 is 2.78 bits per heavy atom. The van der Waals surface area contributed by atoms with Crippen LogP contribution in [0.15, 0.2) is 73.4 Å². The van der Waals surface area contributed by atoms with Crippen molar-refractivity contribution in [2.45, 2.75) is 25.0 Å². The first-order chi connectivity index (χ1) is 15.7. The van der Waals surface area contributed by atoms with Crippen LogP contribution in [0.3, 0.4) is 0 Å². The number of rotatable bonds is 6. The van der Waals surface area contributed by atoms with Crippen LogP contribution in [-0.2, 0) is 4.74 Å². The van der Waals surface area contributed by atoms with Crippen LogP contribution in [0.5, 0.6) is 5.75 Å². The minimum absolute atomic E-state index is 0.203. The monoisotopic (exact) mass is 429 g/mol. The number of methoxy groups -OCH3 is 1. The van der Waals surface area contributed by atoms with E-state index < -0.39 is 0 Å². The number of carbonyl (C=O) groups excluding carboxylic acids is 1. The highest BCUT2D eigenvalue weighted by atomic mass is 16.5. The van der Waals surface area contributed by atoms with E-state index in [0.717, 1.165) is 41.7 Å². The third kappa shape index (κ3) is 3.78. The summed E-state index contributed by atoms with van der Waals surface area (Å²) in [6.45, 7) is 6.21. The van der Waals surface area contributed by atoms with Crippen molar-refractivity contribution in [1.29, 1.82) is 0 Å². The van der Waals surface area contributed by atoms with Crippen molar-refractivity contribution in [3.8, 4) is 5.75 Å². The van der Waals surface area contributed by atoms with Gasteiger partial charge in [-0.05, 0) is 42.3 Å². The minimum Gasteiger partial charge on any atom is -0.497 e. The van der Waals surface area contributed by atoms with E-state index in [1.807, 2.05) is 48.7 Å². The quantitative estimate of drug-likeness (QED) is 0.480. The molecule has 5 heteroatoms. The summed E-state index contributed by atoms with van der Waals surface area (Å²) in [5, 5.41) is 0.972. The van der Waals surface area contributed by atoms with Crippen molar-refractivity contribution < 1.29 is 19.2 Å². The van der Waals surface area contributed by atoms with E-state index in [1.54, 1.807) is 19.2 Å². The van der Waals surface area contributed by atoms with Crippen LogP contribution in [0.2, 0.25) is 0 Å². The molecule has 3 aromatic rings. The summed E-state index contributed by atoms with van der Waals surface area (Å²) in [6, 6.07) is 17.3. The zero-order valence-electron chi connectivity index (χ0n) is 18.4. The maximum Gasteiger partial charge on any atom is 0.338 e. The molecule has 164 valence electrons. The van der Waals surface area contributed by atoms with Gasteiger partial charge >= 0.3 is 5.97 Å². The summed E-state index contributed by atoms with van der Waals surface area (Å²) in [4.78, 5) is 19.2. The number of benzene rings is 2. The van der Waals surface area contributed by atoms with Gasteiger partial charge in [-0.25, -0.2) is 4.79 Å². The number of aromatic nitrogens is 1. The molecule has 2 aromatic carbocycles. The van der Waals surface area contributed by atoms with Gasteiger partial charge in [0.15, 0.2) is 6.10 Å². The van der Waals surface area contributed by atoms with Crippen LogP contribution >= 0.6 is 0 Å². The van der Waals surface area contributed by atoms with E-state index >= 15 is 0 Å². The molecule has 0 aliphatic carbocycles. The summed E-state index contributed by atoms with van der Waals surface area (Å²) in [6.07, 6.45) is 5.78. The fraction of sp³-hybridized carbons (Fsp3) is 0.333. The maximum absolute atomic E-state index is 13.2. The number of hydrogen-bond donors (Lipinski definition) is 1. The first-order valence-corrected chi connectivity index (χ1v) is 11.3. The Hall–Kier alpha value is -3.18. The topological polar surface area (TPSA) is 52.9 Å². The summed E-state index contributed by atoms with van der Waals surface area (Å²) >= 11 is 0. The van der Waals surface area contributed by atoms with Crippen LogP contribution in [0, 0.1) is 11.8 Å². The molecule has 5 nitrogen and oxygen atoms in total. The molecular formula is C27H29N2O3+. The molecule has 1 unspecified atom stereocenters. The lowest BCUT2D eigenvalue weighted by molar-refractivity contribution is -0.949. The molecular weight excluding hydrogens is 400 g/mol. The Morgan fingerprint density at radius 1 is 1.22 bits per heavy atom. The Morgan fingerprint density at radius 2 is 2.06 bits per heavy atom. The van der Waals surface area contributed by atoms with Crippen LogP contribution in [0.25, 0.3) is 10.9 Å². The van der Waals surface area contributed by atoms with Crippen molar-refractivity contribution in [2.75, 3.05) is 20.2 Å². The average molecular weight is 430 g/mol. The van der Waals surface area contributed by atoms with Crippen molar-refractivity contribution in [3.63, 3.8) is 0 Å². The van der Waals surface area contributed by atoms with Crippen molar-refractivity contribution in [2.24, 2.45) is 11.8 Å². The Kier molecular flexibility index (Phi) is 5.66. The molecule has 3 fully saturated rings. The van der Waals surface area contributed by atoms with Gasteiger partial charge < -0.3 is 14.4 Å².